The molecule has 0 saturated carbocycles. The van der Waals surface area contributed by atoms with E-state index in [9.17, 15) is 0 Å². The van der Waals surface area contributed by atoms with Crippen molar-refractivity contribution in [2.75, 3.05) is 0 Å². The quantitative estimate of drug-likeness (QED) is 0.447. The van der Waals surface area contributed by atoms with Crippen molar-refractivity contribution >= 4 is 23.1 Å². The third-order valence-corrected chi connectivity index (χ3v) is 10.2. The van der Waals surface area contributed by atoms with Crippen LogP contribution in [0.25, 0.3) is 17.2 Å². The van der Waals surface area contributed by atoms with Crippen molar-refractivity contribution in [2.24, 2.45) is 5.92 Å². The molecule has 1 unspecified atom stereocenters. The third-order valence-electron chi connectivity index (χ3n) is 4.87. The fraction of sp³-hybridized carbons (Fsp3) is 0.364. The second-order valence-electron chi connectivity index (χ2n) is 7.68. The number of hydrogen-bond acceptors (Lipinski definition) is 0. The number of hydrogen-bond donors (Lipinski definition) is 0. The molecule has 1 atom stereocenters. The van der Waals surface area contributed by atoms with Crippen LogP contribution >= 0.6 is 17.0 Å². The Hall–Kier alpha value is -0.357. The molecule has 1 aliphatic carbocycles. The Balaban J connectivity index is 2.22. The first-order valence-corrected chi connectivity index (χ1v) is 16.6. The van der Waals surface area contributed by atoms with Crippen molar-refractivity contribution in [2.45, 2.75) is 44.7 Å². The van der Waals surface area contributed by atoms with Gasteiger partial charge in [0, 0.05) is 0 Å². The predicted octanol–water partition coefficient (Wildman–Crippen LogP) is 7.69. The van der Waals surface area contributed by atoms with Crippen molar-refractivity contribution < 1.29 is 19.4 Å². The Labute approximate surface area is 167 Å². The van der Waals surface area contributed by atoms with Gasteiger partial charge in [-0.3, -0.25) is 0 Å². The number of fused-ring (bicyclic) bond motifs is 1. The molecule has 3 rings (SSSR count). The summed E-state index contributed by atoms with van der Waals surface area (Å²) in [6.45, 7) is 11.1. The van der Waals surface area contributed by atoms with E-state index in [1.54, 1.807) is 0 Å². The van der Waals surface area contributed by atoms with Crippen molar-refractivity contribution in [1.29, 1.82) is 0 Å². The van der Waals surface area contributed by atoms with Crippen molar-refractivity contribution in [3.63, 3.8) is 0 Å². The summed E-state index contributed by atoms with van der Waals surface area (Å²) >= 11 is -2.45. The van der Waals surface area contributed by atoms with Crippen molar-refractivity contribution in [3.05, 3.63) is 63.7 Å². The Morgan fingerprint density at radius 2 is 1.64 bits per heavy atom. The van der Waals surface area contributed by atoms with Gasteiger partial charge < -0.3 is 0 Å². The first-order valence-electron chi connectivity index (χ1n) is 8.88. The van der Waals surface area contributed by atoms with Crippen LogP contribution < -0.4 is 0 Å². The van der Waals surface area contributed by atoms with E-state index in [1.165, 1.54) is 44.5 Å². The molecule has 0 nitrogen and oxygen atoms in total. The third kappa shape index (κ3) is 4.00. The molecule has 2 aromatic rings. The van der Waals surface area contributed by atoms with E-state index in [-0.39, 0.29) is 0 Å². The van der Waals surface area contributed by atoms with E-state index >= 15 is 0 Å². The summed E-state index contributed by atoms with van der Waals surface area (Å²) in [6.07, 6.45) is 3.47. The molecule has 0 fully saturated rings. The topological polar surface area (TPSA) is 0 Å². The second-order valence-corrected chi connectivity index (χ2v) is 16.5. The van der Waals surface area contributed by atoms with Crippen LogP contribution in [0.2, 0.25) is 0 Å². The van der Waals surface area contributed by atoms with Crippen LogP contribution in [0.4, 0.5) is 0 Å². The molecule has 25 heavy (non-hydrogen) atoms. The van der Waals surface area contributed by atoms with Crippen LogP contribution in [0.1, 0.15) is 51.7 Å². The Morgan fingerprint density at radius 3 is 2.20 bits per heavy atom. The predicted molar refractivity (Wildman–Crippen MR) is 108 cm³/mol. The van der Waals surface area contributed by atoms with E-state index in [2.05, 4.69) is 71.0 Å². The summed E-state index contributed by atoms with van der Waals surface area (Å²) in [5.41, 5.74) is 10.7. The molecule has 3 heteroatoms. The molecule has 0 radical (unpaired) electrons. The van der Waals surface area contributed by atoms with Gasteiger partial charge in [0.25, 0.3) is 0 Å². The maximum atomic E-state index is 6.60. The summed E-state index contributed by atoms with van der Waals surface area (Å²) in [5.74, 6) is 0.616. The van der Waals surface area contributed by atoms with Gasteiger partial charge in [-0.05, 0) is 0 Å². The van der Waals surface area contributed by atoms with Gasteiger partial charge in [0.2, 0.25) is 0 Å². The molecule has 0 saturated heterocycles. The molecular weight excluding hydrogens is 426 g/mol. The molecule has 0 aliphatic heterocycles. The molecule has 131 valence electrons. The number of aryl methyl sites for hydroxylation is 3. The second kappa shape index (κ2) is 7.71. The van der Waals surface area contributed by atoms with Crippen molar-refractivity contribution in [3.8, 4) is 11.1 Å². The maximum absolute atomic E-state index is 6.60. The molecule has 0 amide bonds. The molecule has 0 N–H and O–H groups in total. The van der Waals surface area contributed by atoms with E-state index in [0.29, 0.717) is 9.54 Å². The fourth-order valence-corrected chi connectivity index (χ4v) is 9.46. The SMILES string of the molecule is Cc1cc(C)cc(-c2c(C)ccc3c2C=C(CC(C)C)[CH]3[Zr]([Cl])[Cl])c1. The van der Waals surface area contributed by atoms with Crippen LogP contribution in [0, 0.1) is 26.7 Å². The molecule has 0 heterocycles. The summed E-state index contributed by atoms with van der Waals surface area (Å²) in [4.78, 5) is 0. The van der Waals surface area contributed by atoms with Crippen LogP contribution in [-0.4, -0.2) is 0 Å². The number of allylic oxidation sites excluding steroid dienone is 1. The van der Waals surface area contributed by atoms with Crippen LogP contribution in [-0.2, 0) is 19.4 Å². The summed E-state index contributed by atoms with van der Waals surface area (Å²) in [5, 5.41) is 0. The number of rotatable bonds is 4. The van der Waals surface area contributed by atoms with Gasteiger partial charge in [0.1, 0.15) is 0 Å². The van der Waals surface area contributed by atoms with Gasteiger partial charge in [0.05, 0.1) is 0 Å². The zero-order valence-electron chi connectivity index (χ0n) is 15.6. The normalized spacial score (nSPS) is 16.2. The summed E-state index contributed by atoms with van der Waals surface area (Å²) in [7, 11) is 13.2. The summed E-state index contributed by atoms with van der Waals surface area (Å²) < 4.78 is 0.299. The van der Waals surface area contributed by atoms with Crippen molar-refractivity contribution in [1.82, 2.24) is 0 Å². The minimum atomic E-state index is -2.45. The van der Waals surface area contributed by atoms with Gasteiger partial charge in [-0.25, -0.2) is 0 Å². The fourth-order valence-electron chi connectivity index (χ4n) is 4.03. The van der Waals surface area contributed by atoms with E-state index in [4.69, 9.17) is 17.0 Å². The molecule has 0 spiro atoms. The average Bonchev–Trinajstić information content (AvgIpc) is 2.82. The molecule has 0 bridgehead atoms. The first kappa shape index (κ1) is 19.4. The van der Waals surface area contributed by atoms with Gasteiger partial charge in [-0.2, -0.15) is 0 Å². The van der Waals surface area contributed by atoms with Crippen LogP contribution in [0.3, 0.4) is 0 Å². The molecule has 2 aromatic carbocycles. The van der Waals surface area contributed by atoms with Gasteiger partial charge >= 0.3 is 168 Å². The molecular formula is C22H25Cl2Zr. The standard InChI is InChI=1S/C22H25.2ClH.Zr/c1-14(2)8-18-12-19-7-6-17(5)22(21(19)13-18)20-10-15(3)9-16(4)11-20;;;/h6-7,9-14H,8H2,1-5H3;2*1H;/q;;;+2/p-2. The zero-order chi connectivity index (χ0) is 18.3. The Kier molecular flexibility index (Phi) is 5.99. The zero-order valence-corrected chi connectivity index (χ0v) is 19.6. The number of benzene rings is 2. The van der Waals surface area contributed by atoms with E-state index in [1.807, 2.05) is 0 Å². The molecule has 1 aliphatic rings. The Bertz CT molecular complexity index is 814. The monoisotopic (exact) mass is 449 g/mol. The van der Waals surface area contributed by atoms with E-state index in [0.717, 1.165) is 6.42 Å². The van der Waals surface area contributed by atoms with Gasteiger partial charge in [-0.15, -0.1) is 0 Å². The Morgan fingerprint density at radius 1 is 1.00 bits per heavy atom. The van der Waals surface area contributed by atoms with Gasteiger partial charge in [-0.1, -0.05) is 0 Å². The van der Waals surface area contributed by atoms with Crippen LogP contribution in [0.5, 0.6) is 0 Å². The van der Waals surface area contributed by atoms with Gasteiger partial charge in [0.15, 0.2) is 0 Å². The number of halogens is 2. The molecule has 0 aromatic heterocycles. The summed E-state index contributed by atoms with van der Waals surface area (Å²) in [6, 6.07) is 11.3. The average molecular weight is 452 g/mol. The first-order chi connectivity index (χ1) is 11.8. The van der Waals surface area contributed by atoms with Crippen LogP contribution in [0.15, 0.2) is 35.9 Å². The minimum absolute atomic E-state index is 0.299. The van der Waals surface area contributed by atoms with E-state index < -0.39 is 19.4 Å².